The number of carbonyl (C=O) groups is 4. The van der Waals surface area contributed by atoms with Crippen molar-refractivity contribution in [2.45, 2.75) is 51.8 Å². The molecule has 0 aromatic heterocycles. The van der Waals surface area contributed by atoms with Gasteiger partial charge in [-0.25, -0.2) is 0 Å². The van der Waals surface area contributed by atoms with E-state index in [0.717, 1.165) is 0 Å². The summed E-state index contributed by atoms with van der Waals surface area (Å²) in [6.45, 7) is 8.20. The van der Waals surface area contributed by atoms with Gasteiger partial charge in [-0.1, -0.05) is 0 Å². The first-order valence-electron chi connectivity index (χ1n) is 6.24. The van der Waals surface area contributed by atoms with Gasteiger partial charge in [0.25, 0.3) is 0 Å². The zero-order valence-corrected chi connectivity index (χ0v) is 12.5. The summed E-state index contributed by atoms with van der Waals surface area (Å²) in [5.74, 6) is -1.19. The number of aldehydes is 2. The molecule has 0 saturated carbocycles. The number of carbonyl (C=O) groups excluding carboxylic acids is 4. The lowest BCUT2D eigenvalue weighted by molar-refractivity contribution is -0.140. The molecule has 1 unspecified atom stereocenters. The first kappa shape index (κ1) is 18.6. The maximum Gasteiger partial charge on any atom is 0.216 e. The van der Waals surface area contributed by atoms with E-state index in [1.165, 1.54) is 13.8 Å². The molecule has 0 aromatic carbocycles. The Morgan fingerprint density at radius 3 is 1.95 bits per heavy atom. The summed E-state index contributed by atoms with van der Waals surface area (Å²) in [6.07, 6.45) is 0.112. The van der Waals surface area contributed by atoms with Gasteiger partial charge in [0.05, 0.1) is 11.6 Å². The van der Waals surface area contributed by atoms with Crippen molar-refractivity contribution >= 4 is 24.1 Å². The third-order valence-corrected chi connectivity index (χ3v) is 2.79. The molecule has 0 fully saturated rings. The minimum atomic E-state index is -1.12. The van der Waals surface area contributed by atoms with Gasteiger partial charge in [-0.05, 0) is 34.6 Å². The number of hydrogen-bond donors (Lipinski definition) is 2. The van der Waals surface area contributed by atoms with E-state index in [1.807, 2.05) is 0 Å². The average molecular weight is 286 g/mol. The minimum Gasteiger partial charge on any atom is -0.302 e. The molecule has 0 aliphatic carbocycles. The highest BCUT2D eigenvalue weighted by molar-refractivity contribution is 6.29. The molecule has 0 bridgehead atoms. The molecule has 1 atom stereocenters. The molecule has 0 aliphatic rings. The lowest BCUT2D eigenvalue weighted by Crippen LogP contribution is -2.52. The summed E-state index contributed by atoms with van der Waals surface area (Å²) >= 11 is 0. The van der Waals surface area contributed by atoms with E-state index in [-0.39, 0.29) is 25.2 Å². The van der Waals surface area contributed by atoms with Gasteiger partial charge in [-0.3, -0.25) is 24.0 Å². The largest absolute Gasteiger partial charge is 0.302 e. The normalized spacial score (nSPS) is 13.7. The predicted molar refractivity (Wildman–Crippen MR) is 72.0 cm³/mol. The standard InChI is InChI=1S/C13H22N2O5/c1-9(6-14-12(2,3)10(18)7-16)20-15-13(4,5)11(19)8-17/h7-9,14-15H,6H2,1-5H3. The molecule has 0 rings (SSSR count). The average Bonchev–Trinajstić information content (AvgIpc) is 2.40. The van der Waals surface area contributed by atoms with Crippen LogP contribution in [0.3, 0.4) is 0 Å². The van der Waals surface area contributed by atoms with E-state index < -0.39 is 22.6 Å². The van der Waals surface area contributed by atoms with Gasteiger partial charge in [-0.2, -0.15) is 5.48 Å². The van der Waals surface area contributed by atoms with Crippen LogP contribution in [-0.2, 0) is 24.0 Å². The lowest BCUT2D eigenvalue weighted by atomic mass is 10.00. The Balaban J connectivity index is 4.29. The maximum atomic E-state index is 11.3. The lowest BCUT2D eigenvalue weighted by Gasteiger charge is -2.27. The van der Waals surface area contributed by atoms with Gasteiger partial charge in [0.1, 0.15) is 5.54 Å². The van der Waals surface area contributed by atoms with E-state index in [9.17, 15) is 19.2 Å². The molecule has 114 valence electrons. The van der Waals surface area contributed by atoms with Crippen LogP contribution in [0.5, 0.6) is 0 Å². The van der Waals surface area contributed by atoms with Crippen molar-refractivity contribution in [1.29, 1.82) is 0 Å². The third-order valence-electron chi connectivity index (χ3n) is 2.79. The van der Waals surface area contributed by atoms with E-state index in [2.05, 4.69) is 10.8 Å². The summed E-state index contributed by atoms with van der Waals surface area (Å²) in [4.78, 5) is 48.7. The van der Waals surface area contributed by atoms with Gasteiger partial charge in [0, 0.05) is 6.54 Å². The second kappa shape index (κ2) is 7.37. The van der Waals surface area contributed by atoms with E-state index >= 15 is 0 Å². The quantitative estimate of drug-likeness (QED) is 0.319. The second-order valence-electron chi connectivity index (χ2n) is 5.63. The van der Waals surface area contributed by atoms with Gasteiger partial charge < -0.3 is 5.32 Å². The van der Waals surface area contributed by atoms with Crippen molar-refractivity contribution in [1.82, 2.24) is 10.8 Å². The molecule has 7 heteroatoms. The topological polar surface area (TPSA) is 102 Å². The van der Waals surface area contributed by atoms with E-state index in [0.29, 0.717) is 0 Å². The SMILES string of the molecule is CC(CNC(C)(C)C(=O)C=O)ONC(C)(C)C(=O)C=O. The van der Waals surface area contributed by atoms with Gasteiger partial charge >= 0.3 is 0 Å². The number of Topliss-reactive ketones (excluding diaryl/α,β-unsaturated/α-hetero) is 2. The Labute approximate surface area is 118 Å². The van der Waals surface area contributed by atoms with Crippen LogP contribution in [-0.4, -0.2) is 47.9 Å². The Morgan fingerprint density at radius 1 is 1.05 bits per heavy atom. The fourth-order valence-corrected chi connectivity index (χ4v) is 1.12. The Morgan fingerprint density at radius 2 is 1.50 bits per heavy atom. The van der Waals surface area contributed by atoms with Crippen LogP contribution < -0.4 is 10.8 Å². The third kappa shape index (κ3) is 5.68. The zero-order valence-electron chi connectivity index (χ0n) is 12.5. The smallest absolute Gasteiger partial charge is 0.216 e. The molecule has 0 heterocycles. The van der Waals surface area contributed by atoms with Crippen molar-refractivity contribution in [3.8, 4) is 0 Å². The highest BCUT2D eigenvalue weighted by atomic mass is 16.7. The summed E-state index contributed by atoms with van der Waals surface area (Å²) in [5.41, 5.74) is 0.414. The molecular formula is C13H22N2O5. The zero-order chi connectivity index (χ0) is 16.0. The first-order chi connectivity index (χ1) is 9.06. The molecule has 7 nitrogen and oxygen atoms in total. The van der Waals surface area contributed by atoms with Crippen LogP contribution in [0.25, 0.3) is 0 Å². The monoisotopic (exact) mass is 286 g/mol. The minimum absolute atomic E-state index is 0.227. The number of ketones is 2. The molecule has 0 amide bonds. The van der Waals surface area contributed by atoms with Crippen LogP contribution in [0.4, 0.5) is 0 Å². The van der Waals surface area contributed by atoms with Crippen molar-refractivity contribution in [2.24, 2.45) is 0 Å². The van der Waals surface area contributed by atoms with Crippen LogP contribution in [0, 0.1) is 0 Å². The first-order valence-corrected chi connectivity index (χ1v) is 6.24. The summed E-state index contributed by atoms with van der Waals surface area (Å²) in [5, 5.41) is 2.89. The van der Waals surface area contributed by atoms with Crippen molar-refractivity contribution < 1.29 is 24.0 Å². The summed E-state index contributed by atoms with van der Waals surface area (Å²) in [6, 6.07) is 0. The fourth-order valence-electron chi connectivity index (χ4n) is 1.12. The van der Waals surface area contributed by atoms with Crippen LogP contribution in [0.2, 0.25) is 0 Å². The van der Waals surface area contributed by atoms with Crippen molar-refractivity contribution in [3.63, 3.8) is 0 Å². The Bertz CT molecular complexity index is 354. The van der Waals surface area contributed by atoms with E-state index in [1.54, 1.807) is 20.8 Å². The Hall–Kier alpha value is -1.44. The maximum absolute atomic E-state index is 11.3. The number of rotatable bonds is 10. The van der Waals surface area contributed by atoms with Crippen molar-refractivity contribution in [2.75, 3.05) is 6.54 Å². The molecule has 0 aromatic rings. The van der Waals surface area contributed by atoms with Crippen LogP contribution in [0.1, 0.15) is 34.6 Å². The fraction of sp³-hybridized carbons (Fsp3) is 0.692. The number of hydrogen-bond acceptors (Lipinski definition) is 7. The van der Waals surface area contributed by atoms with Crippen LogP contribution >= 0.6 is 0 Å². The molecule has 0 spiro atoms. The molecule has 2 N–H and O–H groups in total. The summed E-state index contributed by atoms with van der Waals surface area (Å²) < 4.78 is 0. The van der Waals surface area contributed by atoms with Gasteiger partial charge in [0.2, 0.25) is 11.6 Å². The van der Waals surface area contributed by atoms with Gasteiger partial charge in [0.15, 0.2) is 12.6 Å². The van der Waals surface area contributed by atoms with Crippen LogP contribution in [0.15, 0.2) is 0 Å². The van der Waals surface area contributed by atoms with Gasteiger partial charge in [-0.15, -0.1) is 0 Å². The second-order valence-corrected chi connectivity index (χ2v) is 5.63. The summed E-state index contributed by atoms with van der Waals surface area (Å²) in [7, 11) is 0. The Kier molecular flexibility index (Phi) is 6.84. The number of nitrogens with one attached hydrogen (secondary N) is 2. The van der Waals surface area contributed by atoms with Crippen molar-refractivity contribution in [3.05, 3.63) is 0 Å². The number of hydroxylamine groups is 1. The van der Waals surface area contributed by atoms with E-state index in [4.69, 9.17) is 4.84 Å². The molecular weight excluding hydrogens is 264 g/mol. The molecule has 0 aliphatic heterocycles. The molecule has 0 saturated heterocycles. The highest BCUT2D eigenvalue weighted by Gasteiger charge is 2.29. The molecule has 20 heavy (non-hydrogen) atoms. The molecule has 0 radical (unpaired) electrons. The predicted octanol–water partition coefficient (Wildman–Crippen LogP) is -0.421. The highest BCUT2D eigenvalue weighted by Crippen LogP contribution is 2.05.